The van der Waals surface area contributed by atoms with Crippen LogP contribution in [0.4, 0.5) is 0 Å². The Morgan fingerprint density at radius 2 is 2.00 bits per heavy atom. The number of esters is 1. The van der Waals surface area contributed by atoms with Crippen LogP contribution in [0.2, 0.25) is 0 Å². The molecule has 0 aromatic carbocycles. The van der Waals surface area contributed by atoms with Gasteiger partial charge in [-0.25, -0.2) is 4.79 Å². The second-order valence-corrected chi connectivity index (χ2v) is 3.04. The van der Waals surface area contributed by atoms with Crippen LogP contribution in [0, 0.1) is 0 Å². The molecule has 1 aliphatic rings. The fourth-order valence-corrected chi connectivity index (χ4v) is 0.934. The van der Waals surface area contributed by atoms with E-state index in [4.69, 9.17) is 0 Å². The maximum absolute atomic E-state index is 11.4. The van der Waals surface area contributed by atoms with Gasteiger partial charge in [-0.15, -0.1) is 0 Å². The topological polar surface area (TPSA) is 46.6 Å². The molecule has 0 aromatic rings. The molecule has 1 rings (SSSR count). The molecule has 0 unspecified atom stereocenters. The SMILES string of the molecule is CC1=COC(=O)C(=CN(C)C)C1=O. The lowest BCUT2D eigenvalue weighted by atomic mass is 10.1. The van der Waals surface area contributed by atoms with E-state index in [9.17, 15) is 9.59 Å². The molecule has 0 aromatic heterocycles. The molecule has 0 bridgehead atoms. The number of allylic oxidation sites excluding steroid dienone is 1. The van der Waals surface area contributed by atoms with E-state index in [1.807, 2.05) is 0 Å². The maximum Gasteiger partial charge on any atom is 0.348 e. The second-order valence-electron chi connectivity index (χ2n) is 3.04. The van der Waals surface area contributed by atoms with Crippen molar-refractivity contribution in [1.82, 2.24) is 4.90 Å². The normalized spacial score (nSPS) is 19.9. The van der Waals surface area contributed by atoms with Gasteiger partial charge in [0, 0.05) is 25.9 Å². The van der Waals surface area contributed by atoms with Gasteiger partial charge in [-0.05, 0) is 6.92 Å². The van der Waals surface area contributed by atoms with Gasteiger partial charge in [0.1, 0.15) is 11.8 Å². The van der Waals surface area contributed by atoms with Gasteiger partial charge in [0.25, 0.3) is 0 Å². The summed E-state index contributed by atoms with van der Waals surface area (Å²) < 4.78 is 4.66. The van der Waals surface area contributed by atoms with Crippen LogP contribution in [-0.2, 0) is 14.3 Å². The van der Waals surface area contributed by atoms with E-state index in [-0.39, 0.29) is 11.4 Å². The lowest BCUT2D eigenvalue weighted by molar-refractivity contribution is -0.136. The number of cyclic esters (lactones) is 1. The van der Waals surface area contributed by atoms with Crippen LogP contribution >= 0.6 is 0 Å². The Labute approximate surface area is 76.5 Å². The number of ketones is 1. The second kappa shape index (κ2) is 3.43. The highest BCUT2D eigenvalue weighted by Crippen LogP contribution is 2.14. The van der Waals surface area contributed by atoms with E-state index in [1.165, 1.54) is 12.5 Å². The van der Waals surface area contributed by atoms with E-state index in [0.29, 0.717) is 5.57 Å². The number of rotatable bonds is 1. The summed E-state index contributed by atoms with van der Waals surface area (Å²) in [6.07, 6.45) is 2.64. The molecule has 1 aliphatic heterocycles. The fraction of sp³-hybridized carbons (Fsp3) is 0.333. The van der Waals surface area contributed by atoms with Gasteiger partial charge in [-0.2, -0.15) is 0 Å². The Morgan fingerprint density at radius 1 is 1.38 bits per heavy atom. The molecule has 0 saturated heterocycles. The van der Waals surface area contributed by atoms with Gasteiger partial charge >= 0.3 is 5.97 Å². The van der Waals surface area contributed by atoms with Crippen molar-refractivity contribution >= 4 is 11.8 Å². The van der Waals surface area contributed by atoms with Crippen LogP contribution in [0.15, 0.2) is 23.6 Å². The van der Waals surface area contributed by atoms with E-state index < -0.39 is 5.97 Å². The monoisotopic (exact) mass is 181 g/mol. The Hall–Kier alpha value is -1.58. The summed E-state index contributed by atoms with van der Waals surface area (Å²) in [4.78, 5) is 24.1. The number of ether oxygens (including phenoxy) is 1. The minimum Gasteiger partial charge on any atom is -0.430 e. The summed E-state index contributed by atoms with van der Waals surface area (Å²) in [5.74, 6) is -0.866. The summed E-state index contributed by atoms with van der Waals surface area (Å²) in [7, 11) is 3.47. The highest BCUT2D eigenvalue weighted by Gasteiger charge is 2.25. The molecule has 0 atom stereocenters. The van der Waals surface area contributed by atoms with Gasteiger partial charge < -0.3 is 9.64 Å². The average Bonchev–Trinajstić information content (AvgIpc) is 2.05. The summed E-state index contributed by atoms with van der Waals surface area (Å²) in [6.45, 7) is 1.61. The number of hydrogen-bond acceptors (Lipinski definition) is 4. The first-order chi connectivity index (χ1) is 6.02. The van der Waals surface area contributed by atoms with Crippen LogP contribution in [0.3, 0.4) is 0 Å². The van der Waals surface area contributed by atoms with E-state index in [0.717, 1.165) is 0 Å². The largest absolute Gasteiger partial charge is 0.430 e. The maximum atomic E-state index is 11.4. The van der Waals surface area contributed by atoms with Crippen molar-refractivity contribution in [2.24, 2.45) is 0 Å². The van der Waals surface area contributed by atoms with E-state index in [2.05, 4.69) is 4.74 Å². The van der Waals surface area contributed by atoms with Crippen LogP contribution in [0.25, 0.3) is 0 Å². The van der Waals surface area contributed by atoms with Gasteiger partial charge in [-0.3, -0.25) is 4.79 Å². The third-order valence-corrected chi connectivity index (χ3v) is 1.55. The average molecular weight is 181 g/mol. The predicted molar refractivity (Wildman–Crippen MR) is 46.6 cm³/mol. The zero-order valence-corrected chi connectivity index (χ0v) is 7.83. The molecular weight excluding hydrogens is 170 g/mol. The van der Waals surface area contributed by atoms with Crippen LogP contribution in [-0.4, -0.2) is 30.7 Å². The van der Waals surface area contributed by atoms with Crippen molar-refractivity contribution in [3.63, 3.8) is 0 Å². The summed E-state index contributed by atoms with van der Waals surface area (Å²) in [5.41, 5.74) is 0.512. The summed E-state index contributed by atoms with van der Waals surface area (Å²) in [5, 5.41) is 0. The number of Topliss-reactive ketones (excluding diaryl/α,β-unsaturated/α-hetero) is 1. The smallest absolute Gasteiger partial charge is 0.348 e. The quantitative estimate of drug-likeness (QED) is 0.335. The zero-order chi connectivity index (χ0) is 10.0. The Bertz CT molecular complexity index is 313. The van der Waals surface area contributed by atoms with Gasteiger partial charge in [0.05, 0.1) is 0 Å². The molecule has 4 nitrogen and oxygen atoms in total. The third kappa shape index (κ3) is 1.96. The van der Waals surface area contributed by atoms with Gasteiger partial charge in [-0.1, -0.05) is 0 Å². The lowest BCUT2D eigenvalue weighted by Crippen LogP contribution is -2.22. The molecule has 4 heteroatoms. The van der Waals surface area contributed by atoms with Gasteiger partial charge in [0.2, 0.25) is 5.78 Å². The number of carbonyl (C=O) groups excluding carboxylic acids is 2. The number of carbonyl (C=O) groups is 2. The molecule has 0 radical (unpaired) electrons. The molecule has 0 saturated carbocycles. The van der Waals surface area contributed by atoms with E-state index >= 15 is 0 Å². The third-order valence-electron chi connectivity index (χ3n) is 1.55. The molecule has 13 heavy (non-hydrogen) atoms. The fourth-order valence-electron chi connectivity index (χ4n) is 0.934. The predicted octanol–water partition coefficient (Wildman–Crippen LogP) is 0.462. The Balaban J connectivity index is 3.03. The highest BCUT2D eigenvalue weighted by atomic mass is 16.5. The Kier molecular flexibility index (Phi) is 2.51. The number of nitrogens with zero attached hydrogens (tertiary/aromatic N) is 1. The molecule has 0 spiro atoms. The molecule has 0 fully saturated rings. The summed E-state index contributed by atoms with van der Waals surface area (Å²) in [6, 6.07) is 0. The molecular formula is C9H11NO3. The van der Waals surface area contributed by atoms with Crippen molar-refractivity contribution < 1.29 is 14.3 Å². The number of hydrogen-bond donors (Lipinski definition) is 0. The lowest BCUT2D eigenvalue weighted by Gasteiger charge is -2.13. The summed E-state index contributed by atoms with van der Waals surface area (Å²) >= 11 is 0. The zero-order valence-electron chi connectivity index (χ0n) is 7.83. The molecule has 1 heterocycles. The van der Waals surface area contributed by atoms with Crippen molar-refractivity contribution in [3.05, 3.63) is 23.6 Å². The molecule has 70 valence electrons. The van der Waals surface area contributed by atoms with Crippen LogP contribution in [0.1, 0.15) is 6.92 Å². The minimum atomic E-state index is -0.593. The van der Waals surface area contributed by atoms with Crippen molar-refractivity contribution in [2.75, 3.05) is 14.1 Å². The van der Waals surface area contributed by atoms with E-state index in [1.54, 1.807) is 25.9 Å². The van der Waals surface area contributed by atoms with Crippen molar-refractivity contribution in [1.29, 1.82) is 0 Å². The molecule has 0 N–H and O–H groups in total. The van der Waals surface area contributed by atoms with Crippen molar-refractivity contribution in [3.8, 4) is 0 Å². The Morgan fingerprint density at radius 3 is 2.54 bits per heavy atom. The van der Waals surface area contributed by atoms with Crippen molar-refractivity contribution in [2.45, 2.75) is 6.92 Å². The van der Waals surface area contributed by atoms with Gasteiger partial charge in [0.15, 0.2) is 0 Å². The standard InChI is InChI=1S/C9H11NO3/c1-6-5-13-9(12)7(8(6)11)4-10(2)3/h4-5H,1-3H3. The first-order valence-electron chi connectivity index (χ1n) is 3.83. The van der Waals surface area contributed by atoms with Crippen LogP contribution in [0.5, 0.6) is 0 Å². The first-order valence-corrected chi connectivity index (χ1v) is 3.83. The minimum absolute atomic E-state index is 0.0741. The highest BCUT2D eigenvalue weighted by molar-refractivity contribution is 6.25. The first kappa shape index (κ1) is 9.51. The van der Waals surface area contributed by atoms with Crippen LogP contribution < -0.4 is 0 Å². The molecule has 0 aliphatic carbocycles. The molecule has 0 amide bonds.